The Morgan fingerprint density at radius 2 is 1.53 bits per heavy atom. The van der Waals surface area contributed by atoms with Crippen LogP contribution in [0.25, 0.3) is 0 Å². The van der Waals surface area contributed by atoms with Crippen LogP contribution in [0.1, 0.15) is 64.2 Å². The summed E-state index contributed by atoms with van der Waals surface area (Å²) in [6.45, 7) is 0. The number of rotatable bonds is 10. The Morgan fingerprint density at radius 1 is 1.06 bits per heavy atom. The number of hydrogen-bond donors (Lipinski definition) is 1. The summed E-state index contributed by atoms with van der Waals surface area (Å²) in [4.78, 5) is 10.2. The summed E-state index contributed by atoms with van der Waals surface area (Å²) in [5.41, 5.74) is 0. The Morgan fingerprint density at radius 3 is 2.00 bits per heavy atom. The molecule has 100 valence electrons. The molecule has 1 atom stereocenters. The lowest BCUT2D eigenvalue weighted by Gasteiger charge is -2.01. The molecule has 4 heteroatoms. The molecule has 1 unspecified atom stereocenters. The van der Waals surface area contributed by atoms with Gasteiger partial charge in [-0.05, 0) is 12.8 Å². The lowest BCUT2D eigenvalue weighted by atomic mass is 10.1. The summed E-state index contributed by atoms with van der Waals surface area (Å²) in [6, 6.07) is 0. The zero-order valence-corrected chi connectivity index (χ0v) is 10.3. The number of alkyl halides is 2. The molecule has 1 saturated carbocycles. The van der Waals surface area contributed by atoms with E-state index in [1.165, 1.54) is 0 Å². The fourth-order valence-electron chi connectivity index (χ4n) is 2.13. The van der Waals surface area contributed by atoms with Crippen LogP contribution in [0, 0.1) is 5.92 Å². The van der Waals surface area contributed by atoms with E-state index in [0.29, 0.717) is 6.42 Å². The van der Waals surface area contributed by atoms with Crippen molar-refractivity contribution < 1.29 is 18.7 Å². The van der Waals surface area contributed by atoms with Gasteiger partial charge in [0.25, 0.3) is 5.92 Å². The Kier molecular flexibility index (Phi) is 5.86. The molecule has 0 spiro atoms. The van der Waals surface area contributed by atoms with E-state index < -0.39 is 11.9 Å². The average Bonchev–Trinajstić information content (AvgIpc) is 2.83. The summed E-state index contributed by atoms with van der Waals surface area (Å²) in [5, 5.41) is 8.43. The van der Waals surface area contributed by atoms with Gasteiger partial charge >= 0.3 is 5.97 Å². The van der Waals surface area contributed by atoms with Crippen molar-refractivity contribution in [3.05, 3.63) is 0 Å². The minimum absolute atomic E-state index is 0.0994. The lowest BCUT2D eigenvalue weighted by molar-refractivity contribution is -0.137. The SMILES string of the molecule is O=C(O)CCCCCCCCCC1CC1(F)F. The number of unbranched alkanes of at least 4 members (excludes halogenated alkanes) is 6. The Bertz CT molecular complexity index is 242. The van der Waals surface area contributed by atoms with E-state index in [2.05, 4.69) is 0 Å². The zero-order chi connectivity index (χ0) is 12.7. The summed E-state index contributed by atoms with van der Waals surface area (Å²) in [6.07, 6.45) is 7.95. The molecule has 1 aliphatic rings. The molecule has 0 aromatic heterocycles. The monoisotopic (exact) mass is 248 g/mol. The molecule has 0 radical (unpaired) electrons. The molecule has 1 rings (SSSR count). The molecule has 1 aliphatic carbocycles. The highest BCUT2D eigenvalue weighted by Crippen LogP contribution is 2.51. The molecule has 17 heavy (non-hydrogen) atoms. The molecule has 2 nitrogen and oxygen atoms in total. The van der Waals surface area contributed by atoms with Crippen LogP contribution >= 0.6 is 0 Å². The third kappa shape index (κ3) is 6.59. The van der Waals surface area contributed by atoms with E-state index >= 15 is 0 Å². The standard InChI is InChI=1S/C13H22F2O2/c14-13(15)10-11(13)8-6-4-2-1-3-5-7-9-12(16)17/h11H,1-10H2,(H,16,17). The molecule has 0 aromatic carbocycles. The highest BCUT2D eigenvalue weighted by Gasteiger charge is 2.55. The smallest absolute Gasteiger partial charge is 0.303 e. The largest absolute Gasteiger partial charge is 0.481 e. The van der Waals surface area contributed by atoms with Crippen molar-refractivity contribution in [2.24, 2.45) is 5.92 Å². The highest BCUT2D eigenvalue weighted by atomic mass is 19.3. The molecule has 0 heterocycles. The van der Waals surface area contributed by atoms with Crippen molar-refractivity contribution in [2.75, 3.05) is 0 Å². The van der Waals surface area contributed by atoms with Gasteiger partial charge in [0.2, 0.25) is 0 Å². The van der Waals surface area contributed by atoms with Gasteiger partial charge < -0.3 is 5.11 Å². The minimum atomic E-state index is -2.35. The maximum atomic E-state index is 12.5. The van der Waals surface area contributed by atoms with E-state index in [9.17, 15) is 13.6 Å². The van der Waals surface area contributed by atoms with Crippen LogP contribution < -0.4 is 0 Å². The van der Waals surface area contributed by atoms with Gasteiger partial charge in [0.15, 0.2) is 0 Å². The second-order valence-corrected chi connectivity index (χ2v) is 5.07. The molecular weight excluding hydrogens is 226 g/mol. The first-order chi connectivity index (χ1) is 8.02. The third-order valence-corrected chi connectivity index (χ3v) is 3.40. The van der Waals surface area contributed by atoms with Crippen LogP contribution in [-0.4, -0.2) is 17.0 Å². The first-order valence-electron chi connectivity index (χ1n) is 6.62. The Labute approximate surface area is 101 Å². The van der Waals surface area contributed by atoms with Gasteiger partial charge in [-0.3, -0.25) is 4.79 Å². The molecular formula is C13H22F2O2. The van der Waals surface area contributed by atoms with Crippen LogP contribution in [0.2, 0.25) is 0 Å². The summed E-state index contributed by atoms with van der Waals surface area (Å²) >= 11 is 0. The van der Waals surface area contributed by atoms with E-state index in [4.69, 9.17) is 5.11 Å². The number of halogens is 2. The molecule has 1 N–H and O–H groups in total. The molecule has 0 amide bonds. The van der Waals surface area contributed by atoms with Crippen molar-refractivity contribution in [3.63, 3.8) is 0 Å². The first kappa shape index (κ1) is 14.4. The number of carbonyl (C=O) groups is 1. The van der Waals surface area contributed by atoms with Crippen LogP contribution in [0.5, 0.6) is 0 Å². The number of aliphatic carboxylic acids is 1. The van der Waals surface area contributed by atoms with Gasteiger partial charge in [0, 0.05) is 18.8 Å². The summed E-state index contributed by atoms with van der Waals surface area (Å²) in [5.74, 6) is -3.41. The van der Waals surface area contributed by atoms with Gasteiger partial charge in [-0.25, -0.2) is 8.78 Å². The molecule has 1 fully saturated rings. The van der Waals surface area contributed by atoms with Crippen LogP contribution in [-0.2, 0) is 4.79 Å². The van der Waals surface area contributed by atoms with E-state index in [-0.39, 0.29) is 18.8 Å². The summed E-state index contributed by atoms with van der Waals surface area (Å²) in [7, 11) is 0. The number of carboxylic acids is 1. The van der Waals surface area contributed by atoms with Gasteiger partial charge in [-0.2, -0.15) is 0 Å². The van der Waals surface area contributed by atoms with Crippen molar-refractivity contribution in [2.45, 2.75) is 70.1 Å². The zero-order valence-electron chi connectivity index (χ0n) is 10.3. The quantitative estimate of drug-likeness (QED) is 0.587. The molecule has 0 bridgehead atoms. The highest BCUT2D eigenvalue weighted by molar-refractivity contribution is 5.66. The van der Waals surface area contributed by atoms with Crippen LogP contribution in [0.4, 0.5) is 8.78 Å². The second-order valence-electron chi connectivity index (χ2n) is 5.07. The fourth-order valence-corrected chi connectivity index (χ4v) is 2.13. The predicted molar refractivity (Wildman–Crippen MR) is 62.2 cm³/mol. The second kappa shape index (κ2) is 6.92. The maximum absolute atomic E-state index is 12.5. The van der Waals surface area contributed by atoms with Crippen molar-refractivity contribution in [3.8, 4) is 0 Å². The molecule has 0 saturated heterocycles. The van der Waals surface area contributed by atoms with E-state index in [1.807, 2.05) is 0 Å². The fraction of sp³-hybridized carbons (Fsp3) is 0.923. The van der Waals surface area contributed by atoms with Crippen molar-refractivity contribution in [1.29, 1.82) is 0 Å². The van der Waals surface area contributed by atoms with Crippen molar-refractivity contribution >= 4 is 5.97 Å². The van der Waals surface area contributed by atoms with Crippen LogP contribution in [0.3, 0.4) is 0 Å². The van der Waals surface area contributed by atoms with Gasteiger partial charge in [-0.1, -0.05) is 38.5 Å². The molecule has 0 aromatic rings. The number of carboxylic acid groups (broad SMARTS) is 1. The van der Waals surface area contributed by atoms with E-state index in [1.54, 1.807) is 0 Å². The van der Waals surface area contributed by atoms with E-state index in [0.717, 1.165) is 44.9 Å². The maximum Gasteiger partial charge on any atom is 0.303 e. The van der Waals surface area contributed by atoms with Gasteiger partial charge in [-0.15, -0.1) is 0 Å². The first-order valence-corrected chi connectivity index (χ1v) is 6.62. The van der Waals surface area contributed by atoms with Crippen LogP contribution in [0.15, 0.2) is 0 Å². The molecule has 0 aliphatic heterocycles. The summed E-state index contributed by atoms with van der Waals surface area (Å²) < 4.78 is 25.1. The third-order valence-electron chi connectivity index (χ3n) is 3.40. The topological polar surface area (TPSA) is 37.3 Å². The average molecular weight is 248 g/mol. The normalized spacial score (nSPS) is 21.4. The Hall–Kier alpha value is -0.670. The number of hydrogen-bond acceptors (Lipinski definition) is 1. The Balaban J connectivity index is 1.75. The predicted octanol–water partition coefficient (Wildman–Crippen LogP) is 4.24. The lowest BCUT2D eigenvalue weighted by Crippen LogP contribution is -1.94. The van der Waals surface area contributed by atoms with Crippen molar-refractivity contribution in [1.82, 2.24) is 0 Å². The minimum Gasteiger partial charge on any atom is -0.481 e. The van der Waals surface area contributed by atoms with Gasteiger partial charge in [0.05, 0.1) is 0 Å². The van der Waals surface area contributed by atoms with Gasteiger partial charge in [0.1, 0.15) is 0 Å².